The highest BCUT2D eigenvalue weighted by Gasteiger charge is 3.02. The summed E-state index contributed by atoms with van der Waals surface area (Å²) in [6.45, 7) is 0.527. The summed E-state index contributed by atoms with van der Waals surface area (Å²) in [4.78, 5) is 49.2. The molecular formula is C18H18O12. The fraction of sp³-hybridized carbons (Fsp3) is 0.778. The molecule has 162 valence electrons. The number of hydrogen-bond acceptors (Lipinski definition) is 11. The van der Waals surface area contributed by atoms with Gasteiger partial charge < -0.3 is 39.0 Å². The monoisotopic (exact) mass is 426 g/mol. The largest absolute Gasteiger partial charge is 0.480 e. The Morgan fingerprint density at radius 2 is 1.93 bits per heavy atom. The second-order valence-electron chi connectivity index (χ2n) is 8.84. The van der Waals surface area contributed by atoms with E-state index in [0.717, 1.165) is 0 Å². The number of aliphatic carboxylic acids is 1. The molecule has 0 radical (unpaired) electrons. The predicted molar refractivity (Wildman–Crippen MR) is 85.1 cm³/mol. The van der Waals surface area contributed by atoms with E-state index in [2.05, 4.69) is 0 Å². The van der Waals surface area contributed by atoms with Gasteiger partial charge in [0.2, 0.25) is 11.9 Å². The molecule has 0 aromatic carbocycles. The van der Waals surface area contributed by atoms with Gasteiger partial charge in [0.1, 0.15) is 18.8 Å². The van der Waals surface area contributed by atoms with E-state index in [1.807, 2.05) is 0 Å². The molecule has 4 heterocycles. The molecule has 2 spiro atoms. The first-order valence-electron chi connectivity index (χ1n) is 9.64. The number of carbonyl (C=O) groups excluding carboxylic acids is 3. The van der Waals surface area contributed by atoms with Crippen molar-refractivity contribution in [2.75, 3.05) is 6.61 Å². The number of ether oxygens (including phenoxy) is 5. The lowest BCUT2D eigenvalue weighted by Crippen LogP contribution is -2.66. The van der Waals surface area contributed by atoms with Crippen molar-refractivity contribution in [3.05, 3.63) is 0 Å². The molecule has 12 nitrogen and oxygen atoms in total. The molecule has 6 aliphatic rings. The highest BCUT2D eigenvalue weighted by Crippen LogP contribution is 2.82. The van der Waals surface area contributed by atoms with Crippen LogP contribution in [0.15, 0.2) is 0 Å². The van der Waals surface area contributed by atoms with Gasteiger partial charge in [-0.05, 0) is 19.8 Å². The summed E-state index contributed by atoms with van der Waals surface area (Å²) < 4.78 is 27.5. The Labute approximate surface area is 168 Å². The molecule has 4 aliphatic heterocycles. The minimum absolute atomic E-state index is 0.135. The van der Waals surface area contributed by atoms with Gasteiger partial charge >= 0.3 is 23.9 Å². The van der Waals surface area contributed by atoms with Crippen LogP contribution in [0.4, 0.5) is 0 Å². The topological polar surface area (TPSA) is 175 Å². The quantitative estimate of drug-likeness (QED) is 0.319. The maximum Gasteiger partial charge on any atom is 0.343 e. The van der Waals surface area contributed by atoms with E-state index < -0.39 is 89.1 Å². The second kappa shape index (κ2) is 4.96. The number of aliphatic hydroxyl groups excluding tert-OH is 1. The first kappa shape index (κ1) is 18.5. The third-order valence-corrected chi connectivity index (χ3v) is 8.21. The molecule has 4 saturated heterocycles. The van der Waals surface area contributed by atoms with Crippen molar-refractivity contribution in [1.29, 1.82) is 0 Å². The Bertz CT molecular complexity index is 932. The second-order valence-corrected chi connectivity index (χ2v) is 8.84. The standard InChI is InChI=1S/C18H18O12/c1-5-11(22)28-9-8(21)16-6-2-3-15(16)10(26-4-7(19)20)12(23)29-14(15)30-18(16,13(24)27-6)17(5,9)25/h5-6,8-10,14,21,25H,2-4H2,1H3,(H,19,20)/t5?,6?,8-,9-,10-,14-,15?,16-,17+,18+/m0/s1. The lowest BCUT2D eigenvalue weighted by Gasteiger charge is -2.43. The Morgan fingerprint density at radius 3 is 2.63 bits per heavy atom. The summed E-state index contributed by atoms with van der Waals surface area (Å²) >= 11 is 0. The van der Waals surface area contributed by atoms with Crippen molar-refractivity contribution >= 4 is 23.9 Å². The fourth-order valence-corrected chi connectivity index (χ4v) is 7.32. The van der Waals surface area contributed by atoms with E-state index in [9.17, 15) is 29.4 Å². The maximum atomic E-state index is 13.2. The summed E-state index contributed by atoms with van der Waals surface area (Å²) in [5.41, 5.74) is -7.76. The molecule has 0 aromatic heterocycles. The molecule has 6 fully saturated rings. The van der Waals surface area contributed by atoms with Gasteiger partial charge in [0.05, 0.1) is 16.7 Å². The number of carbonyl (C=O) groups is 4. The van der Waals surface area contributed by atoms with E-state index in [0.29, 0.717) is 0 Å². The minimum Gasteiger partial charge on any atom is -0.480 e. The Kier molecular flexibility index (Phi) is 3.05. The summed E-state index contributed by atoms with van der Waals surface area (Å²) in [5.74, 6) is -5.27. The Hall–Kier alpha value is -2.28. The first-order chi connectivity index (χ1) is 14.1. The number of aliphatic hydroxyl groups is 2. The van der Waals surface area contributed by atoms with Gasteiger partial charge in [-0.3, -0.25) is 4.79 Å². The van der Waals surface area contributed by atoms with E-state index in [1.165, 1.54) is 6.92 Å². The van der Waals surface area contributed by atoms with E-state index in [1.54, 1.807) is 0 Å². The fourth-order valence-electron chi connectivity index (χ4n) is 7.32. The molecule has 3 unspecified atom stereocenters. The Balaban J connectivity index is 1.61. The molecule has 10 atom stereocenters. The number of rotatable bonds is 3. The van der Waals surface area contributed by atoms with Crippen LogP contribution in [0.25, 0.3) is 0 Å². The zero-order valence-corrected chi connectivity index (χ0v) is 15.6. The number of fused-ring (bicyclic) bond motifs is 1. The molecule has 0 bridgehead atoms. The molecule has 2 saturated carbocycles. The van der Waals surface area contributed by atoms with Gasteiger partial charge in [0.15, 0.2) is 17.8 Å². The molecular weight excluding hydrogens is 408 g/mol. The number of carboxylic acid groups (broad SMARTS) is 1. The molecule has 6 rings (SSSR count). The van der Waals surface area contributed by atoms with Crippen molar-refractivity contribution < 1.29 is 58.2 Å². The van der Waals surface area contributed by atoms with Crippen LogP contribution in [0.3, 0.4) is 0 Å². The summed E-state index contributed by atoms with van der Waals surface area (Å²) in [6, 6.07) is 0. The summed E-state index contributed by atoms with van der Waals surface area (Å²) in [6.07, 6.45) is -6.68. The average Bonchev–Trinajstić information content (AvgIpc) is 3.39. The van der Waals surface area contributed by atoms with Crippen LogP contribution in [0.5, 0.6) is 0 Å². The number of esters is 3. The van der Waals surface area contributed by atoms with Gasteiger partial charge in [-0.25, -0.2) is 14.4 Å². The maximum absolute atomic E-state index is 13.2. The van der Waals surface area contributed by atoms with Crippen LogP contribution < -0.4 is 0 Å². The SMILES string of the molecule is CC1C(=O)O[C@H]2[C@H](O)[C@@]34C5CCC36[C@@H](OC(=O)[C@@H]6OCC(=O)O)O[C@@]4(C(=O)O5)[C@@]12O. The smallest absolute Gasteiger partial charge is 0.343 e. The lowest BCUT2D eigenvalue weighted by molar-refractivity contribution is -0.237. The third kappa shape index (κ3) is 1.38. The van der Waals surface area contributed by atoms with E-state index >= 15 is 0 Å². The van der Waals surface area contributed by atoms with Crippen LogP contribution >= 0.6 is 0 Å². The van der Waals surface area contributed by atoms with Crippen molar-refractivity contribution in [3.8, 4) is 0 Å². The molecule has 0 amide bonds. The highest BCUT2D eigenvalue weighted by atomic mass is 16.8. The highest BCUT2D eigenvalue weighted by molar-refractivity contribution is 5.94. The van der Waals surface area contributed by atoms with Gasteiger partial charge in [-0.2, -0.15) is 0 Å². The summed E-state index contributed by atoms with van der Waals surface area (Å²) in [7, 11) is 0. The minimum atomic E-state index is -2.28. The van der Waals surface area contributed by atoms with Crippen molar-refractivity contribution in [1.82, 2.24) is 0 Å². The van der Waals surface area contributed by atoms with Gasteiger partial charge in [-0.15, -0.1) is 0 Å². The molecule has 12 heteroatoms. The molecule has 3 N–H and O–H groups in total. The number of carboxylic acids is 1. The molecule has 2 aliphatic carbocycles. The van der Waals surface area contributed by atoms with Gasteiger partial charge in [-0.1, -0.05) is 0 Å². The van der Waals surface area contributed by atoms with E-state index in [4.69, 9.17) is 28.8 Å². The van der Waals surface area contributed by atoms with Crippen molar-refractivity contribution in [2.45, 2.75) is 61.7 Å². The van der Waals surface area contributed by atoms with Crippen molar-refractivity contribution in [2.24, 2.45) is 16.7 Å². The first-order valence-corrected chi connectivity index (χ1v) is 9.64. The van der Waals surface area contributed by atoms with Crippen LogP contribution in [0.2, 0.25) is 0 Å². The third-order valence-electron chi connectivity index (χ3n) is 8.21. The lowest BCUT2D eigenvalue weighted by atomic mass is 9.55. The van der Waals surface area contributed by atoms with Crippen LogP contribution in [0.1, 0.15) is 19.8 Å². The van der Waals surface area contributed by atoms with Gasteiger partial charge in [0, 0.05) is 0 Å². The zero-order chi connectivity index (χ0) is 21.4. The normalized spacial score (nSPS) is 56.8. The molecule has 30 heavy (non-hydrogen) atoms. The van der Waals surface area contributed by atoms with Gasteiger partial charge in [0.25, 0.3) is 0 Å². The van der Waals surface area contributed by atoms with Crippen LogP contribution in [-0.2, 0) is 42.9 Å². The summed E-state index contributed by atoms with van der Waals surface area (Å²) in [5, 5.41) is 32.2. The number of hydrogen-bond donors (Lipinski definition) is 3. The average molecular weight is 426 g/mol. The molecule has 0 aromatic rings. The van der Waals surface area contributed by atoms with Crippen molar-refractivity contribution in [3.63, 3.8) is 0 Å². The zero-order valence-electron chi connectivity index (χ0n) is 15.6. The Morgan fingerprint density at radius 1 is 1.20 bits per heavy atom. The van der Waals surface area contributed by atoms with Crippen LogP contribution in [0, 0.1) is 16.7 Å². The van der Waals surface area contributed by atoms with E-state index in [-0.39, 0.29) is 12.8 Å². The predicted octanol–water partition coefficient (Wildman–Crippen LogP) is -2.53. The van der Waals surface area contributed by atoms with Crippen LogP contribution in [-0.4, -0.2) is 87.7 Å².